The molecule has 5 heteroatoms. The number of benzene rings is 1. The average Bonchev–Trinajstić information content (AvgIpc) is 2.89. The normalized spacial score (nSPS) is 15.4. The number of carbonyl (C=O) groups is 2. The van der Waals surface area contributed by atoms with E-state index in [1.165, 1.54) is 12.1 Å². The van der Waals surface area contributed by atoms with Crippen LogP contribution in [-0.2, 0) is 4.79 Å². The van der Waals surface area contributed by atoms with Crippen LogP contribution in [-0.4, -0.2) is 24.8 Å². The Kier molecular flexibility index (Phi) is 4.14. The minimum absolute atomic E-state index is 0.0527. The first-order valence-electron chi connectivity index (χ1n) is 6.41. The van der Waals surface area contributed by atoms with Gasteiger partial charge in [0.25, 0.3) is 0 Å². The number of amides is 1. The molecule has 2 rings (SSSR count). The Labute approximate surface area is 111 Å². The summed E-state index contributed by atoms with van der Waals surface area (Å²) >= 11 is 0. The number of rotatable bonds is 5. The Morgan fingerprint density at radius 1 is 1.42 bits per heavy atom. The van der Waals surface area contributed by atoms with Crippen molar-refractivity contribution in [3.05, 3.63) is 29.6 Å². The van der Waals surface area contributed by atoms with Crippen LogP contribution in [0.25, 0.3) is 0 Å². The fourth-order valence-electron chi connectivity index (χ4n) is 2.68. The summed E-state index contributed by atoms with van der Waals surface area (Å²) in [7, 11) is 0. The van der Waals surface area contributed by atoms with Crippen LogP contribution in [0.3, 0.4) is 0 Å². The van der Waals surface area contributed by atoms with Crippen molar-refractivity contribution in [2.45, 2.75) is 31.7 Å². The van der Waals surface area contributed by atoms with E-state index in [4.69, 9.17) is 5.73 Å². The molecule has 4 nitrogen and oxygen atoms in total. The van der Waals surface area contributed by atoms with E-state index >= 15 is 0 Å². The van der Waals surface area contributed by atoms with E-state index in [2.05, 4.69) is 0 Å². The Hall–Kier alpha value is -1.91. The second kappa shape index (κ2) is 5.82. The topological polar surface area (TPSA) is 63.4 Å². The molecule has 1 aromatic carbocycles. The zero-order chi connectivity index (χ0) is 13.8. The summed E-state index contributed by atoms with van der Waals surface area (Å²) in [5.41, 5.74) is 6.12. The van der Waals surface area contributed by atoms with E-state index in [9.17, 15) is 14.0 Å². The summed E-state index contributed by atoms with van der Waals surface area (Å²) in [6.07, 6.45) is 4.72. The lowest BCUT2D eigenvalue weighted by Gasteiger charge is -2.31. The quantitative estimate of drug-likeness (QED) is 0.826. The molecule has 19 heavy (non-hydrogen) atoms. The van der Waals surface area contributed by atoms with Crippen LogP contribution in [0.5, 0.6) is 0 Å². The predicted molar refractivity (Wildman–Crippen MR) is 70.6 cm³/mol. The molecule has 1 aromatic rings. The minimum Gasteiger partial charge on any atom is -0.368 e. The summed E-state index contributed by atoms with van der Waals surface area (Å²) in [6.45, 7) is 0.0527. The molecule has 102 valence electrons. The van der Waals surface area contributed by atoms with Crippen molar-refractivity contribution in [3.8, 4) is 0 Å². The molecule has 1 saturated carbocycles. The van der Waals surface area contributed by atoms with Crippen molar-refractivity contribution < 1.29 is 14.0 Å². The van der Waals surface area contributed by atoms with Crippen LogP contribution in [0.15, 0.2) is 18.2 Å². The van der Waals surface area contributed by atoms with Gasteiger partial charge < -0.3 is 10.6 Å². The van der Waals surface area contributed by atoms with E-state index in [0.29, 0.717) is 12.0 Å². The van der Waals surface area contributed by atoms with Gasteiger partial charge in [-0.1, -0.05) is 12.8 Å². The molecule has 1 aliphatic carbocycles. The molecule has 0 aromatic heterocycles. The molecule has 1 amide bonds. The Morgan fingerprint density at radius 3 is 2.68 bits per heavy atom. The second-order valence-corrected chi connectivity index (χ2v) is 4.85. The number of hydrogen-bond acceptors (Lipinski definition) is 3. The van der Waals surface area contributed by atoms with Gasteiger partial charge in [-0.2, -0.15) is 0 Å². The van der Waals surface area contributed by atoms with E-state index < -0.39 is 11.7 Å². The Morgan fingerprint density at radius 2 is 2.11 bits per heavy atom. The van der Waals surface area contributed by atoms with Crippen molar-refractivity contribution in [2.24, 2.45) is 5.73 Å². The van der Waals surface area contributed by atoms with Gasteiger partial charge in [-0.25, -0.2) is 4.39 Å². The molecule has 0 heterocycles. The highest BCUT2D eigenvalue weighted by Crippen LogP contribution is 2.30. The first kappa shape index (κ1) is 13.5. The summed E-state index contributed by atoms with van der Waals surface area (Å²) in [5, 5.41) is 0. The highest BCUT2D eigenvalue weighted by molar-refractivity contribution is 5.87. The highest BCUT2D eigenvalue weighted by Gasteiger charge is 2.25. The molecular weight excluding hydrogens is 247 g/mol. The molecule has 1 aliphatic rings. The molecule has 0 saturated heterocycles. The van der Waals surface area contributed by atoms with Crippen molar-refractivity contribution in [1.29, 1.82) is 0 Å². The fourth-order valence-corrected chi connectivity index (χ4v) is 2.68. The third-order valence-corrected chi connectivity index (χ3v) is 3.52. The molecule has 1 fully saturated rings. The number of carbonyl (C=O) groups excluding carboxylic acids is 2. The van der Waals surface area contributed by atoms with Crippen LogP contribution in [0, 0.1) is 5.82 Å². The van der Waals surface area contributed by atoms with Gasteiger partial charge in [-0.05, 0) is 31.0 Å². The van der Waals surface area contributed by atoms with Gasteiger partial charge in [-0.15, -0.1) is 0 Å². The average molecular weight is 264 g/mol. The maximum Gasteiger partial charge on any atom is 0.236 e. The van der Waals surface area contributed by atoms with Gasteiger partial charge in [0, 0.05) is 17.3 Å². The molecule has 0 spiro atoms. The first-order chi connectivity index (χ1) is 9.11. The lowest BCUT2D eigenvalue weighted by molar-refractivity contribution is -0.116. The Bertz CT molecular complexity index is 484. The van der Waals surface area contributed by atoms with Crippen LogP contribution in [0.4, 0.5) is 10.1 Å². The van der Waals surface area contributed by atoms with Crippen LogP contribution in [0.2, 0.25) is 0 Å². The van der Waals surface area contributed by atoms with E-state index in [1.54, 1.807) is 6.07 Å². The number of hydrogen-bond donors (Lipinski definition) is 1. The molecule has 0 unspecified atom stereocenters. The van der Waals surface area contributed by atoms with Gasteiger partial charge in [0.2, 0.25) is 5.91 Å². The van der Waals surface area contributed by atoms with Gasteiger partial charge >= 0.3 is 0 Å². The summed E-state index contributed by atoms with van der Waals surface area (Å²) in [6, 6.07) is 4.22. The van der Waals surface area contributed by atoms with Crippen LogP contribution >= 0.6 is 0 Å². The molecule has 0 bridgehead atoms. The smallest absolute Gasteiger partial charge is 0.236 e. The maximum atomic E-state index is 13.2. The van der Waals surface area contributed by atoms with Gasteiger partial charge in [0.05, 0.1) is 6.54 Å². The van der Waals surface area contributed by atoms with Gasteiger partial charge in [0.1, 0.15) is 5.82 Å². The molecule has 2 N–H and O–H groups in total. The second-order valence-electron chi connectivity index (χ2n) is 4.85. The SMILES string of the molecule is NC(=O)CN(c1ccc(F)cc1C=O)C1CCCC1. The molecule has 0 aliphatic heterocycles. The summed E-state index contributed by atoms with van der Waals surface area (Å²) in [4.78, 5) is 24.1. The number of halogens is 1. The summed E-state index contributed by atoms with van der Waals surface area (Å²) in [5.74, 6) is -0.913. The maximum absolute atomic E-state index is 13.2. The lowest BCUT2D eigenvalue weighted by Crippen LogP contribution is -2.40. The molecular formula is C14H17FN2O2. The van der Waals surface area contributed by atoms with Crippen LogP contribution < -0.4 is 10.6 Å². The number of nitrogens with two attached hydrogens (primary N) is 1. The van der Waals surface area contributed by atoms with Crippen molar-refractivity contribution >= 4 is 17.9 Å². The molecule has 0 atom stereocenters. The van der Waals surface area contributed by atoms with E-state index in [1.807, 2.05) is 4.90 Å². The van der Waals surface area contributed by atoms with E-state index in [-0.39, 0.29) is 18.2 Å². The van der Waals surface area contributed by atoms with Crippen molar-refractivity contribution in [1.82, 2.24) is 0 Å². The Balaban J connectivity index is 2.36. The fraction of sp³-hybridized carbons (Fsp3) is 0.429. The van der Waals surface area contributed by atoms with Crippen molar-refractivity contribution in [2.75, 3.05) is 11.4 Å². The van der Waals surface area contributed by atoms with Gasteiger partial charge in [-0.3, -0.25) is 9.59 Å². The zero-order valence-electron chi connectivity index (χ0n) is 10.6. The summed E-state index contributed by atoms with van der Waals surface area (Å²) < 4.78 is 13.2. The van der Waals surface area contributed by atoms with Crippen LogP contribution in [0.1, 0.15) is 36.0 Å². The zero-order valence-corrected chi connectivity index (χ0v) is 10.6. The minimum atomic E-state index is -0.462. The monoisotopic (exact) mass is 264 g/mol. The van der Waals surface area contributed by atoms with E-state index in [0.717, 1.165) is 25.7 Å². The number of anilines is 1. The number of primary amides is 1. The lowest BCUT2D eigenvalue weighted by atomic mass is 10.1. The number of aldehydes is 1. The predicted octanol–water partition coefficient (Wildman–Crippen LogP) is 1.87. The third-order valence-electron chi connectivity index (χ3n) is 3.52. The third kappa shape index (κ3) is 3.10. The molecule has 0 radical (unpaired) electrons. The van der Waals surface area contributed by atoms with Crippen molar-refractivity contribution in [3.63, 3.8) is 0 Å². The largest absolute Gasteiger partial charge is 0.368 e. The standard InChI is InChI=1S/C14H17FN2O2/c15-11-5-6-13(10(7-11)9-18)17(8-14(16)19)12-3-1-2-4-12/h5-7,9,12H,1-4,8H2,(H2,16,19). The number of nitrogens with zero attached hydrogens (tertiary/aromatic N) is 1. The highest BCUT2D eigenvalue weighted by atomic mass is 19.1. The van der Waals surface area contributed by atoms with Gasteiger partial charge in [0.15, 0.2) is 6.29 Å². The first-order valence-corrected chi connectivity index (χ1v) is 6.41.